The summed E-state index contributed by atoms with van der Waals surface area (Å²) < 4.78 is 73.5. The van der Waals surface area contributed by atoms with Crippen molar-refractivity contribution in [2.75, 3.05) is 7.11 Å². The Balaban J connectivity index is 2.27. The Hall–Kier alpha value is -2.56. The third kappa shape index (κ3) is 4.62. The molecule has 1 aromatic heterocycles. The van der Waals surface area contributed by atoms with Gasteiger partial charge in [0.25, 0.3) is 20.0 Å². The number of hydrogen-bond acceptors (Lipinski definition) is 6. The van der Waals surface area contributed by atoms with E-state index in [-0.39, 0.29) is 33.8 Å². The zero-order valence-corrected chi connectivity index (χ0v) is 20.0. The van der Waals surface area contributed by atoms with Gasteiger partial charge in [-0.3, -0.25) is 0 Å². The molecule has 0 aliphatic heterocycles. The van der Waals surface area contributed by atoms with Crippen LogP contribution in [0.15, 0.2) is 57.0 Å². The average molecular weight is 542 g/mol. The maximum Gasteiger partial charge on any atom is 0.255 e. The normalized spacial score (nSPS) is 12.0. The number of H-pyrrole nitrogens is 1. The van der Waals surface area contributed by atoms with Crippen LogP contribution in [-0.2, 0) is 31.4 Å². The Labute approximate surface area is 193 Å². The monoisotopic (exact) mass is 541 g/mol. The summed E-state index contributed by atoms with van der Waals surface area (Å²) in [4.78, 5) is 1.89. The first kappa shape index (κ1) is 24.1. The number of methoxy groups -OCH3 is 1. The van der Waals surface area contributed by atoms with Gasteiger partial charge in [0.15, 0.2) is 0 Å². The van der Waals surface area contributed by atoms with Crippen molar-refractivity contribution in [1.82, 2.24) is 9.11 Å². The number of benzene rings is 2. The molecule has 8 nitrogen and oxygen atoms in total. The van der Waals surface area contributed by atoms with E-state index in [1.165, 1.54) is 37.6 Å². The SMILES string of the molecule is COCc1c(S(=O)(=O)NS(=O)(=O)c2cc[nH]c2)cc(Br)c(C)c1-c1ccc(C#N)cc1F. The highest BCUT2D eigenvalue weighted by molar-refractivity contribution is 9.10. The second-order valence-electron chi connectivity index (χ2n) is 6.71. The van der Waals surface area contributed by atoms with Crippen LogP contribution < -0.4 is 4.13 Å². The number of nitrogens with one attached hydrogen (secondary N) is 2. The molecule has 0 unspecified atom stereocenters. The summed E-state index contributed by atoms with van der Waals surface area (Å²) in [6.45, 7) is 1.40. The highest BCUT2D eigenvalue weighted by Gasteiger charge is 2.30. The van der Waals surface area contributed by atoms with Gasteiger partial charge in [0, 0.05) is 35.1 Å². The standard InChI is InChI=1S/C20H17BrFN3O5S2/c1-12-17(21)8-19(32(28,29)25-31(26,27)14-5-6-24-10-14)16(11-30-2)20(12)15-4-3-13(9-23)7-18(15)22/h3-8,10,24-25H,11H2,1-2H3. The van der Waals surface area contributed by atoms with Gasteiger partial charge in [-0.25, -0.2) is 21.2 Å². The Morgan fingerprint density at radius 2 is 1.91 bits per heavy atom. The molecule has 0 aliphatic carbocycles. The molecule has 3 aromatic rings. The molecule has 0 atom stereocenters. The molecule has 0 saturated heterocycles. The zero-order chi connectivity index (χ0) is 23.7. The second-order valence-corrected chi connectivity index (χ2v) is 11.2. The fraction of sp³-hybridized carbons (Fsp3) is 0.150. The van der Waals surface area contributed by atoms with E-state index in [4.69, 9.17) is 10.00 Å². The van der Waals surface area contributed by atoms with Crippen LogP contribution in [0.1, 0.15) is 16.7 Å². The molecule has 168 valence electrons. The number of aromatic amines is 1. The minimum Gasteiger partial charge on any atom is -0.380 e. The molecule has 32 heavy (non-hydrogen) atoms. The smallest absolute Gasteiger partial charge is 0.255 e. The van der Waals surface area contributed by atoms with E-state index in [9.17, 15) is 21.2 Å². The van der Waals surface area contributed by atoms with Crippen molar-refractivity contribution < 1.29 is 26.0 Å². The highest BCUT2D eigenvalue weighted by atomic mass is 79.9. The van der Waals surface area contributed by atoms with Crippen LogP contribution in [-0.4, -0.2) is 28.9 Å². The predicted octanol–water partition coefficient (Wildman–Crippen LogP) is 3.58. The Morgan fingerprint density at radius 1 is 1.19 bits per heavy atom. The number of aromatic nitrogens is 1. The molecule has 0 aliphatic rings. The lowest BCUT2D eigenvalue weighted by molar-refractivity contribution is 0.183. The van der Waals surface area contributed by atoms with Crippen LogP contribution >= 0.6 is 15.9 Å². The Bertz CT molecular complexity index is 1430. The number of sulfonamides is 2. The first-order valence-electron chi connectivity index (χ1n) is 8.94. The van der Waals surface area contributed by atoms with Gasteiger partial charge >= 0.3 is 0 Å². The molecule has 0 spiro atoms. The lowest BCUT2D eigenvalue weighted by atomic mass is 9.94. The summed E-state index contributed by atoms with van der Waals surface area (Å²) in [5.74, 6) is -0.737. The molecule has 2 aromatic carbocycles. The molecule has 3 rings (SSSR count). The fourth-order valence-electron chi connectivity index (χ4n) is 3.17. The van der Waals surface area contributed by atoms with Crippen LogP contribution in [0.25, 0.3) is 11.1 Å². The van der Waals surface area contributed by atoms with E-state index in [0.717, 1.165) is 12.3 Å². The minimum atomic E-state index is -4.63. The lowest BCUT2D eigenvalue weighted by Gasteiger charge is -2.19. The summed E-state index contributed by atoms with van der Waals surface area (Å²) in [5.41, 5.74) is 0.920. The topological polar surface area (TPSA) is 129 Å². The predicted molar refractivity (Wildman–Crippen MR) is 118 cm³/mol. The number of hydrogen-bond donors (Lipinski definition) is 2. The van der Waals surface area contributed by atoms with Gasteiger partial charge in [-0.2, -0.15) is 5.26 Å². The summed E-state index contributed by atoms with van der Waals surface area (Å²) >= 11 is 3.28. The fourth-order valence-corrected chi connectivity index (χ4v) is 6.88. The molecular formula is C20H17BrFN3O5S2. The van der Waals surface area contributed by atoms with Crippen molar-refractivity contribution >= 4 is 36.0 Å². The third-order valence-electron chi connectivity index (χ3n) is 4.64. The van der Waals surface area contributed by atoms with Gasteiger partial charge in [-0.15, -0.1) is 4.13 Å². The van der Waals surface area contributed by atoms with Crippen molar-refractivity contribution in [1.29, 1.82) is 5.26 Å². The number of nitrogens with zero attached hydrogens (tertiary/aromatic N) is 1. The lowest BCUT2D eigenvalue weighted by Crippen LogP contribution is -2.31. The maximum atomic E-state index is 14.9. The zero-order valence-electron chi connectivity index (χ0n) is 16.8. The van der Waals surface area contributed by atoms with E-state index in [1.807, 2.05) is 6.07 Å². The van der Waals surface area contributed by atoms with Gasteiger partial charge in [0.1, 0.15) is 10.7 Å². The Morgan fingerprint density at radius 3 is 2.47 bits per heavy atom. The highest BCUT2D eigenvalue weighted by Crippen LogP contribution is 2.38. The van der Waals surface area contributed by atoms with Crippen molar-refractivity contribution in [3.8, 4) is 17.2 Å². The minimum absolute atomic E-state index is 0.0415. The van der Waals surface area contributed by atoms with Crippen LogP contribution in [0.2, 0.25) is 0 Å². The van der Waals surface area contributed by atoms with Crippen LogP contribution in [0.5, 0.6) is 0 Å². The van der Waals surface area contributed by atoms with Crippen LogP contribution in [0, 0.1) is 24.1 Å². The first-order chi connectivity index (χ1) is 15.0. The first-order valence-corrected chi connectivity index (χ1v) is 12.7. The van der Waals surface area contributed by atoms with Crippen molar-refractivity contribution in [2.45, 2.75) is 23.3 Å². The van der Waals surface area contributed by atoms with Crippen molar-refractivity contribution in [3.05, 3.63) is 69.7 Å². The van der Waals surface area contributed by atoms with Gasteiger partial charge in [-0.05, 0) is 42.3 Å². The Kier molecular flexibility index (Phi) is 6.87. The van der Waals surface area contributed by atoms with Gasteiger partial charge in [0.2, 0.25) is 0 Å². The summed E-state index contributed by atoms with van der Waals surface area (Å²) in [6.07, 6.45) is 2.47. The summed E-state index contributed by atoms with van der Waals surface area (Å²) in [5, 5.41) is 9.01. The van der Waals surface area contributed by atoms with E-state index >= 15 is 0 Å². The number of ether oxygens (including phenoxy) is 1. The largest absolute Gasteiger partial charge is 0.380 e. The molecular weight excluding hydrogens is 525 g/mol. The van der Waals surface area contributed by atoms with E-state index in [2.05, 4.69) is 20.9 Å². The number of nitriles is 1. The summed E-state index contributed by atoms with van der Waals surface area (Å²) in [6, 6.07) is 8.08. The molecule has 0 bridgehead atoms. The molecule has 0 amide bonds. The molecule has 12 heteroatoms. The molecule has 0 fully saturated rings. The third-order valence-corrected chi connectivity index (χ3v) is 9.03. The second kappa shape index (κ2) is 9.13. The quantitative estimate of drug-likeness (QED) is 0.470. The van der Waals surface area contributed by atoms with E-state index in [0.29, 0.717) is 10.0 Å². The molecule has 1 heterocycles. The maximum absolute atomic E-state index is 14.9. The van der Waals surface area contributed by atoms with E-state index in [1.54, 1.807) is 11.1 Å². The van der Waals surface area contributed by atoms with Crippen LogP contribution in [0.4, 0.5) is 4.39 Å². The van der Waals surface area contributed by atoms with Crippen molar-refractivity contribution in [3.63, 3.8) is 0 Å². The molecule has 0 radical (unpaired) electrons. The van der Waals surface area contributed by atoms with Gasteiger partial charge < -0.3 is 9.72 Å². The van der Waals surface area contributed by atoms with Crippen LogP contribution in [0.3, 0.4) is 0 Å². The van der Waals surface area contributed by atoms with Crippen molar-refractivity contribution in [2.24, 2.45) is 0 Å². The van der Waals surface area contributed by atoms with Gasteiger partial charge in [0.05, 0.1) is 23.1 Å². The summed E-state index contributed by atoms with van der Waals surface area (Å²) in [7, 11) is -7.71. The molecule has 0 saturated carbocycles. The number of halogens is 2. The average Bonchev–Trinajstić information content (AvgIpc) is 3.26. The number of rotatable bonds is 7. The van der Waals surface area contributed by atoms with Gasteiger partial charge in [-0.1, -0.05) is 22.0 Å². The molecule has 2 N–H and O–H groups in total. The van der Waals surface area contributed by atoms with E-state index < -0.39 is 30.8 Å².